The van der Waals surface area contributed by atoms with E-state index in [-0.39, 0.29) is 5.75 Å². The maximum Gasteiger partial charge on any atom is 0.140 e. The highest BCUT2D eigenvalue weighted by Gasteiger charge is 2.06. The molecule has 0 saturated heterocycles. The van der Waals surface area contributed by atoms with Gasteiger partial charge in [-0.15, -0.1) is 0 Å². The molecular formula is C11H18N2O. The zero-order chi connectivity index (χ0) is 10.6. The Hall–Kier alpha value is -1.38. The first-order valence-electron chi connectivity index (χ1n) is 5.02. The SMILES string of the molecule is CCCCCc1ccc(O)c(N)c1N. The molecule has 1 aromatic carbocycles. The lowest BCUT2D eigenvalue weighted by Crippen LogP contribution is -2.00. The van der Waals surface area contributed by atoms with Crippen molar-refractivity contribution in [2.75, 3.05) is 11.5 Å². The third-order valence-electron chi connectivity index (χ3n) is 2.40. The standard InChI is InChI=1S/C11H18N2O/c1-2-3-4-5-8-6-7-9(14)11(13)10(8)12/h6-7,14H,2-5,12-13H2,1H3. The highest BCUT2D eigenvalue weighted by Crippen LogP contribution is 2.30. The molecule has 3 heteroatoms. The fourth-order valence-electron chi connectivity index (χ4n) is 1.45. The van der Waals surface area contributed by atoms with E-state index in [1.54, 1.807) is 6.07 Å². The molecule has 0 aliphatic heterocycles. The maximum absolute atomic E-state index is 9.29. The first-order chi connectivity index (χ1) is 6.66. The molecule has 0 atom stereocenters. The fraction of sp³-hybridized carbons (Fsp3) is 0.455. The summed E-state index contributed by atoms with van der Waals surface area (Å²) in [4.78, 5) is 0. The lowest BCUT2D eigenvalue weighted by Gasteiger charge is -2.09. The van der Waals surface area contributed by atoms with Gasteiger partial charge < -0.3 is 16.6 Å². The Morgan fingerprint density at radius 2 is 1.86 bits per heavy atom. The zero-order valence-electron chi connectivity index (χ0n) is 8.59. The van der Waals surface area contributed by atoms with Crippen molar-refractivity contribution in [3.63, 3.8) is 0 Å². The Labute approximate surface area is 84.7 Å². The van der Waals surface area contributed by atoms with E-state index in [1.807, 2.05) is 6.07 Å². The lowest BCUT2D eigenvalue weighted by atomic mass is 10.0. The van der Waals surface area contributed by atoms with E-state index in [2.05, 4.69) is 6.92 Å². The molecule has 0 heterocycles. The van der Waals surface area contributed by atoms with Crippen LogP contribution >= 0.6 is 0 Å². The molecule has 0 aromatic heterocycles. The molecule has 1 rings (SSSR count). The maximum atomic E-state index is 9.29. The molecule has 0 radical (unpaired) electrons. The molecule has 78 valence electrons. The topological polar surface area (TPSA) is 72.3 Å². The van der Waals surface area contributed by atoms with Crippen LogP contribution in [0.5, 0.6) is 5.75 Å². The molecule has 0 bridgehead atoms. The molecule has 3 nitrogen and oxygen atoms in total. The minimum atomic E-state index is 0.0711. The monoisotopic (exact) mass is 194 g/mol. The molecule has 0 saturated carbocycles. The number of hydrogen-bond acceptors (Lipinski definition) is 3. The van der Waals surface area contributed by atoms with Crippen molar-refractivity contribution in [1.82, 2.24) is 0 Å². The summed E-state index contributed by atoms with van der Waals surface area (Å²) in [5.74, 6) is 0.0711. The number of phenols is 1. The second kappa shape index (κ2) is 4.74. The van der Waals surface area contributed by atoms with Crippen LogP contribution in [0.2, 0.25) is 0 Å². The van der Waals surface area contributed by atoms with Crippen LogP contribution in [0.15, 0.2) is 12.1 Å². The van der Waals surface area contributed by atoms with Crippen LogP contribution in [0, 0.1) is 0 Å². The molecule has 0 spiro atoms. The second-order valence-corrected chi connectivity index (χ2v) is 3.53. The second-order valence-electron chi connectivity index (χ2n) is 3.53. The summed E-state index contributed by atoms with van der Waals surface area (Å²) < 4.78 is 0. The van der Waals surface area contributed by atoms with E-state index in [0.717, 1.165) is 18.4 Å². The van der Waals surface area contributed by atoms with Gasteiger partial charge in [0, 0.05) is 0 Å². The lowest BCUT2D eigenvalue weighted by molar-refractivity contribution is 0.478. The van der Waals surface area contributed by atoms with Gasteiger partial charge in [-0.25, -0.2) is 0 Å². The van der Waals surface area contributed by atoms with Crippen LogP contribution in [-0.2, 0) is 6.42 Å². The fourth-order valence-corrected chi connectivity index (χ4v) is 1.45. The Kier molecular flexibility index (Phi) is 3.63. The minimum Gasteiger partial charge on any atom is -0.506 e. The number of nitrogens with two attached hydrogens (primary N) is 2. The van der Waals surface area contributed by atoms with Gasteiger partial charge in [0.15, 0.2) is 0 Å². The van der Waals surface area contributed by atoms with Crippen LogP contribution in [0.25, 0.3) is 0 Å². The van der Waals surface area contributed by atoms with Crippen molar-refractivity contribution in [3.8, 4) is 5.75 Å². The van der Waals surface area contributed by atoms with Crippen molar-refractivity contribution in [2.45, 2.75) is 32.6 Å². The average molecular weight is 194 g/mol. The number of hydrogen-bond donors (Lipinski definition) is 3. The van der Waals surface area contributed by atoms with Crippen LogP contribution < -0.4 is 11.5 Å². The molecule has 0 unspecified atom stereocenters. The van der Waals surface area contributed by atoms with Crippen molar-refractivity contribution >= 4 is 11.4 Å². The van der Waals surface area contributed by atoms with Gasteiger partial charge >= 0.3 is 0 Å². The van der Waals surface area contributed by atoms with E-state index in [0.29, 0.717) is 11.4 Å². The van der Waals surface area contributed by atoms with Gasteiger partial charge in [0.25, 0.3) is 0 Å². The first-order valence-corrected chi connectivity index (χ1v) is 5.02. The molecule has 0 aliphatic rings. The van der Waals surface area contributed by atoms with Gasteiger partial charge in [-0.1, -0.05) is 25.8 Å². The van der Waals surface area contributed by atoms with Gasteiger partial charge in [0.05, 0.1) is 11.4 Å². The largest absolute Gasteiger partial charge is 0.506 e. The Morgan fingerprint density at radius 3 is 2.50 bits per heavy atom. The molecule has 5 N–H and O–H groups in total. The van der Waals surface area contributed by atoms with Crippen LogP contribution in [0.4, 0.5) is 11.4 Å². The summed E-state index contributed by atoms with van der Waals surface area (Å²) in [6.45, 7) is 2.16. The molecule has 0 aliphatic carbocycles. The molecule has 14 heavy (non-hydrogen) atoms. The van der Waals surface area contributed by atoms with Gasteiger partial charge in [-0.2, -0.15) is 0 Å². The zero-order valence-corrected chi connectivity index (χ0v) is 8.59. The van der Waals surface area contributed by atoms with E-state index in [9.17, 15) is 5.11 Å². The normalized spacial score (nSPS) is 10.4. The van der Waals surface area contributed by atoms with Crippen molar-refractivity contribution in [2.24, 2.45) is 0 Å². The van der Waals surface area contributed by atoms with Crippen molar-refractivity contribution in [3.05, 3.63) is 17.7 Å². The van der Waals surface area contributed by atoms with E-state index >= 15 is 0 Å². The number of rotatable bonds is 4. The number of benzene rings is 1. The molecule has 0 amide bonds. The predicted molar refractivity (Wildman–Crippen MR) is 60.2 cm³/mol. The van der Waals surface area contributed by atoms with Crippen LogP contribution in [0.1, 0.15) is 31.7 Å². The number of unbranched alkanes of at least 4 members (excludes halogenated alkanes) is 2. The highest BCUT2D eigenvalue weighted by atomic mass is 16.3. The minimum absolute atomic E-state index is 0.0711. The number of aryl methyl sites for hydroxylation is 1. The van der Waals surface area contributed by atoms with E-state index in [4.69, 9.17) is 11.5 Å². The third kappa shape index (κ3) is 2.31. The average Bonchev–Trinajstić information content (AvgIpc) is 2.18. The molecule has 0 fully saturated rings. The first kappa shape index (κ1) is 10.7. The van der Waals surface area contributed by atoms with E-state index < -0.39 is 0 Å². The van der Waals surface area contributed by atoms with Gasteiger partial charge in [0.1, 0.15) is 5.75 Å². The van der Waals surface area contributed by atoms with Crippen molar-refractivity contribution < 1.29 is 5.11 Å². The Balaban J connectivity index is 2.73. The molecular weight excluding hydrogens is 176 g/mol. The van der Waals surface area contributed by atoms with Gasteiger partial charge in [-0.05, 0) is 24.5 Å². The quantitative estimate of drug-likeness (QED) is 0.391. The Morgan fingerprint density at radius 1 is 1.14 bits per heavy atom. The smallest absolute Gasteiger partial charge is 0.140 e. The molecule has 1 aromatic rings. The third-order valence-corrected chi connectivity index (χ3v) is 2.40. The van der Waals surface area contributed by atoms with Crippen LogP contribution in [0.3, 0.4) is 0 Å². The highest BCUT2D eigenvalue weighted by molar-refractivity contribution is 5.73. The number of phenolic OH excluding ortho intramolecular Hbond substituents is 1. The number of aromatic hydroxyl groups is 1. The summed E-state index contributed by atoms with van der Waals surface area (Å²) in [7, 11) is 0. The summed E-state index contributed by atoms with van der Waals surface area (Å²) >= 11 is 0. The Bertz CT molecular complexity index is 310. The summed E-state index contributed by atoms with van der Waals surface area (Å²) in [6.07, 6.45) is 4.43. The summed E-state index contributed by atoms with van der Waals surface area (Å²) in [5.41, 5.74) is 13.3. The van der Waals surface area contributed by atoms with Gasteiger partial charge in [0.2, 0.25) is 0 Å². The van der Waals surface area contributed by atoms with E-state index in [1.165, 1.54) is 12.8 Å². The summed E-state index contributed by atoms with van der Waals surface area (Å²) in [6, 6.07) is 3.45. The number of nitrogen functional groups attached to an aromatic ring is 2. The van der Waals surface area contributed by atoms with Crippen molar-refractivity contribution in [1.29, 1.82) is 0 Å². The van der Waals surface area contributed by atoms with Crippen LogP contribution in [-0.4, -0.2) is 5.11 Å². The summed E-state index contributed by atoms with van der Waals surface area (Å²) in [5, 5.41) is 9.29. The number of anilines is 2. The predicted octanol–water partition coefficient (Wildman–Crippen LogP) is 2.29. The van der Waals surface area contributed by atoms with Gasteiger partial charge in [-0.3, -0.25) is 0 Å².